The lowest BCUT2D eigenvalue weighted by Gasteiger charge is -2.29. The molecule has 0 saturated carbocycles. The quantitative estimate of drug-likeness (QED) is 0.765. The standard InChI is InChI=1S/C20H26N2O3/c1-3-25-19-12-8-7-11-18(19)21-20(24)22(16(2)13-14-23)15-17-9-5-4-6-10-17/h4-12,16,23H,3,13-15H2,1-2H3,(H,21,24). The van der Waals surface area contributed by atoms with Gasteiger partial charge in [0.2, 0.25) is 0 Å². The third-order valence-electron chi connectivity index (χ3n) is 3.96. The molecule has 2 aromatic carbocycles. The summed E-state index contributed by atoms with van der Waals surface area (Å²) in [5.74, 6) is 0.646. The van der Waals surface area contributed by atoms with Gasteiger partial charge in [0, 0.05) is 19.2 Å². The van der Waals surface area contributed by atoms with Crippen LogP contribution in [-0.2, 0) is 6.54 Å². The minimum Gasteiger partial charge on any atom is -0.492 e. The maximum Gasteiger partial charge on any atom is 0.322 e. The topological polar surface area (TPSA) is 61.8 Å². The molecule has 0 heterocycles. The van der Waals surface area contributed by atoms with Crippen molar-refractivity contribution in [1.29, 1.82) is 0 Å². The van der Waals surface area contributed by atoms with Gasteiger partial charge < -0.3 is 20.1 Å². The molecule has 5 heteroatoms. The number of benzene rings is 2. The number of anilines is 1. The lowest BCUT2D eigenvalue weighted by molar-refractivity contribution is 0.169. The molecule has 25 heavy (non-hydrogen) atoms. The second kappa shape index (κ2) is 9.69. The van der Waals surface area contributed by atoms with E-state index in [2.05, 4.69) is 5.32 Å². The van der Waals surface area contributed by atoms with Gasteiger partial charge in [-0.25, -0.2) is 4.79 Å². The highest BCUT2D eigenvalue weighted by Crippen LogP contribution is 2.24. The molecule has 134 valence electrons. The van der Waals surface area contributed by atoms with Gasteiger partial charge in [-0.1, -0.05) is 42.5 Å². The molecule has 2 N–H and O–H groups in total. The largest absolute Gasteiger partial charge is 0.492 e. The van der Waals surface area contributed by atoms with Gasteiger partial charge in [-0.05, 0) is 38.0 Å². The highest BCUT2D eigenvalue weighted by Gasteiger charge is 2.21. The summed E-state index contributed by atoms with van der Waals surface area (Å²) in [6.45, 7) is 4.89. The number of hydrogen-bond acceptors (Lipinski definition) is 3. The molecule has 0 spiro atoms. The minimum atomic E-state index is -0.211. The zero-order valence-corrected chi connectivity index (χ0v) is 14.8. The highest BCUT2D eigenvalue weighted by atomic mass is 16.5. The number of rotatable bonds is 8. The van der Waals surface area contributed by atoms with Crippen LogP contribution in [0.25, 0.3) is 0 Å². The van der Waals surface area contributed by atoms with Crippen LogP contribution >= 0.6 is 0 Å². The molecule has 0 radical (unpaired) electrons. The van der Waals surface area contributed by atoms with Gasteiger partial charge in [-0.15, -0.1) is 0 Å². The van der Waals surface area contributed by atoms with Crippen LogP contribution < -0.4 is 10.1 Å². The molecule has 5 nitrogen and oxygen atoms in total. The molecular formula is C20H26N2O3. The second-order valence-corrected chi connectivity index (χ2v) is 5.83. The van der Waals surface area contributed by atoms with E-state index in [0.29, 0.717) is 31.0 Å². The van der Waals surface area contributed by atoms with Crippen LogP contribution in [0.15, 0.2) is 54.6 Å². The van der Waals surface area contributed by atoms with Crippen LogP contribution in [0.4, 0.5) is 10.5 Å². The van der Waals surface area contributed by atoms with Crippen LogP contribution in [0.5, 0.6) is 5.75 Å². The fraction of sp³-hybridized carbons (Fsp3) is 0.350. The first-order valence-corrected chi connectivity index (χ1v) is 8.60. The first kappa shape index (κ1) is 18.8. The van der Waals surface area contributed by atoms with Crippen molar-refractivity contribution in [3.05, 3.63) is 60.2 Å². The zero-order chi connectivity index (χ0) is 18.1. The minimum absolute atomic E-state index is 0.0370. The van der Waals surface area contributed by atoms with Crippen LogP contribution in [0.2, 0.25) is 0 Å². The lowest BCUT2D eigenvalue weighted by Crippen LogP contribution is -2.41. The van der Waals surface area contributed by atoms with E-state index >= 15 is 0 Å². The number of urea groups is 1. The molecule has 0 bridgehead atoms. The Morgan fingerprint density at radius 2 is 1.84 bits per heavy atom. The first-order valence-electron chi connectivity index (χ1n) is 8.60. The van der Waals surface area contributed by atoms with Gasteiger partial charge in [0.15, 0.2) is 0 Å². The maximum atomic E-state index is 12.9. The molecule has 0 fully saturated rings. The SMILES string of the molecule is CCOc1ccccc1NC(=O)N(Cc1ccccc1)C(C)CCO. The highest BCUT2D eigenvalue weighted by molar-refractivity contribution is 5.91. The molecule has 1 unspecified atom stereocenters. The van der Waals surface area contributed by atoms with E-state index in [-0.39, 0.29) is 18.7 Å². The van der Waals surface area contributed by atoms with E-state index < -0.39 is 0 Å². The third-order valence-corrected chi connectivity index (χ3v) is 3.96. The zero-order valence-electron chi connectivity index (χ0n) is 14.8. The summed E-state index contributed by atoms with van der Waals surface area (Å²) < 4.78 is 5.57. The summed E-state index contributed by atoms with van der Waals surface area (Å²) in [6, 6.07) is 16.9. The van der Waals surface area contributed by atoms with Gasteiger partial charge in [0.25, 0.3) is 0 Å². The van der Waals surface area contributed by atoms with Crippen molar-refractivity contribution in [3.63, 3.8) is 0 Å². The Morgan fingerprint density at radius 1 is 1.16 bits per heavy atom. The predicted molar refractivity (Wildman–Crippen MR) is 99.8 cm³/mol. The Balaban J connectivity index is 2.17. The molecule has 0 saturated heterocycles. The Labute approximate surface area is 149 Å². The van der Waals surface area contributed by atoms with Crippen molar-refractivity contribution in [2.75, 3.05) is 18.5 Å². The Kier molecular flexibility index (Phi) is 7.29. The van der Waals surface area contributed by atoms with Crippen molar-refractivity contribution < 1.29 is 14.6 Å². The number of aliphatic hydroxyl groups excluding tert-OH is 1. The number of nitrogens with one attached hydrogen (secondary N) is 1. The summed E-state index contributed by atoms with van der Waals surface area (Å²) in [5, 5.41) is 12.2. The Morgan fingerprint density at radius 3 is 2.52 bits per heavy atom. The molecular weight excluding hydrogens is 316 g/mol. The normalized spacial score (nSPS) is 11.6. The summed E-state index contributed by atoms with van der Waals surface area (Å²) in [7, 11) is 0. The summed E-state index contributed by atoms with van der Waals surface area (Å²) in [5.41, 5.74) is 1.68. The number of amides is 2. The maximum absolute atomic E-state index is 12.9. The summed E-state index contributed by atoms with van der Waals surface area (Å²) in [4.78, 5) is 14.6. The van der Waals surface area contributed by atoms with E-state index in [1.807, 2.05) is 68.4 Å². The van der Waals surface area contributed by atoms with E-state index in [9.17, 15) is 9.90 Å². The number of ether oxygens (including phenoxy) is 1. The van der Waals surface area contributed by atoms with E-state index in [4.69, 9.17) is 4.74 Å². The predicted octanol–water partition coefficient (Wildman–Crippen LogP) is 3.89. The fourth-order valence-electron chi connectivity index (χ4n) is 2.59. The van der Waals surface area contributed by atoms with Crippen LogP contribution in [0.3, 0.4) is 0 Å². The summed E-state index contributed by atoms with van der Waals surface area (Å²) in [6.07, 6.45) is 0.521. The van der Waals surface area contributed by atoms with Gasteiger partial charge >= 0.3 is 6.03 Å². The molecule has 2 amide bonds. The Bertz CT molecular complexity index is 661. The molecule has 0 aliphatic heterocycles. The molecule has 1 atom stereocenters. The number of carbonyl (C=O) groups excluding carboxylic acids is 1. The van der Waals surface area contributed by atoms with E-state index in [1.54, 1.807) is 4.90 Å². The number of nitrogens with zero attached hydrogens (tertiary/aromatic N) is 1. The van der Waals surface area contributed by atoms with Gasteiger partial charge in [0.1, 0.15) is 5.75 Å². The van der Waals surface area contributed by atoms with Crippen molar-refractivity contribution in [3.8, 4) is 5.75 Å². The van der Waals surface area contributed by atoms with E-state index in [0.717, 1.165) is 5.56 Å². The van der Waals surface area contributed by atoms with Crippen LogP contribution in [-0.4, -0.2) is 35.3 Å². The van der Waals surface area contributed by atoms with Crippen LogP contribution in [0.1, 0.15) is 25.8 Å². The number of aliphatic hydroxyl groups is 1. The van der Waals surface area contributed by atoms with Gasteiger partial charge in [0.05, 0.1) is 12.3 Å². The van der Waals surface area contributed by atoms with Crippen molar-refractivity contribution >= 4 is 11.7 Å². The smallest absolute Gasteiger partial charge is 0.322 e. The fourth-order valence-corrected chi connectivity index (χ4v) is 2.59. The van der Waals surface area contributed by atoms with Crippen molar-refractivity contribution in [2.24, 2.45) is 0 Å². The van der Waals surface area contributed by atoms with Gasteiger partial charge in [-0.3, -0.25) is 0 Å². The average molecular weight is 342 g/mol. The number of carbonyl (C=O) groups is 1. The van der Waals surface area contributed by atoms with Crippen molar-refractivity contribution in [1.82, 2.24) is 4.90 Å². The molecule has 0 aliphatic carbocycles. The number of para-hydroxylation sites is 2. The average Bonchev–Trinajstić information content (AvgIpc) is 2.62. The molecule has 2 aromatic rings. The summed E-state index contributed by atoms with van der Waals surface area (Å²) >= 11 is 0. The van der Waals surface area contributed by atoms with Crippen molar-refractivity contribution in [2.45, 2.75) is 32.9 Å². The van der Waals surface area contributed by atoms with Gasteiger partial charge in [-0.2, -0.15) is 0 Å². The second-order valence-electron chi connectivity index (χ2n) is 5.83. The van der Waals surface area contributed by atoms with E-state index in [1.165, 1.54) is 0 Å². The monoisotopic (exact) mass is 342 g/mol. The Hall–Kier alpha value is -2.53. The first-order chi connectivity index (χ1) is 12.2. The third kappa shape index (κ3) is 5.50. The van der Waals surface area contributed by atoms with Crippen LogP contribution in [0, 0.1) is 0 Å². The number of hydrogen-bond donors (Lipinski definition) is 2. The molecule has 0 aliphatic rings. The lowest BCUT2D eigenvalue weighted by atomic mass is 10.1. The molecule has 0 aromatic heterocycles. The molecule has 2 rings (SSSR count).